The smallest absolute Gasteiger partial charge is 0.345 e. The molecule has 7 nitrogen and oxygen atoms in total. The minimum atomic E-state index is -0.538. The number of azo groups is 1. The lowest BCUT2D eigenvalue weighted by Crippen LogP contribution is -1.80. The molecule has 8 heteroatoms. The third-order valence-corrected chi connectivity index (χ3v) is 3.62. The number of benzene rings is 2. The van der Waals surface area contributed by atoms with Crippen LogP contribution in [0.3, 0.4) is 0 Å². The van der Waals surface area contributed by atoms with Crippen molar-refractivity contribution in [3.8, 4) is 5.75 Å². The van der Waals surface area contributed by atoms with Crippen LogP contribution in [0.2, 0.25) is 0 Å². The van der Waals surface area contributed by atoms with Gasteiger partial charge in [-0.2, -0.15) is 0 Å². The highest BCUT2D eigenvalue weighted by Gasteiger charge is 2.11. The van der Waals surface area contributed by atoms with Gasteiger partial charge in [0.2, 0.25) is 5.13 Å². The van der Waals surface area contributed by atoms with Gasteiger partial charge in [0.25, 0.3) is 0 Å². The van der Waals surface area contributed by atoms with Gasteiger partial charge in [0.1, 0.15) is 11.9 Å². The summed E-state index contributed by atoms with van der Waals surface area (Å²) in [6.07, 6.45) is 1.12. The maximum atomic E-state index is 10.6. The van der Waals surface area contributed by atoms with Crippen LogP contribution in [0.5, 0.6) is 5.75 Å². The van der Waals surface area contributed by atoms with Crippen LogP contribution in [0.4, 0.5) is 15.8 Å². The first kappa shape index (κ1) is 13.1. The Balaban J connectivity index is 1.95. The first-order valence-corrected chi connectivity index (χ1v) is 6.69. The second kappa shape index (κ2) is 5.25. The normalized spacial score (nSPS) is 11.2. The molecule has 104 valence electrons. The average Bonchev–Trinajstić information content (AvgIpc) is 2.96. The fraction of sp³-hybridized carbons (Fsp3) is 0. The Labute approximate surface area is 122 Å². The van der Waals surface area contributed by atoms with Crippen molar-refractivity contribution >= 4 is 37.9 Å². The van der Waals surface area contributed by atoms with Crippen molar-refractivity contribution in [2.24, 2.45) is 10.2 Å². The molecule has 3 rings (SSSR count). The van der Waals surface area contributed by atoms with Gasteiger partial charge in [0, 0.05) is 5.39 Å². The number of hydrogen-bond donors (Lipinski definition) is 1. The highest BCUT2D eigenvalue weighted by molar-refractivity contribution is 7.18. The van der Waals surface area contributed by atoms with E-state index in [0.717, 1.165) is 22.9 Å². The largest absolute Gasteiger partial charge is 0.505 e. The summed E-state index contributed by atoms with van der Waals surface area (Å²) in [4.78, 5) is 13.8. The Bertz CT molecular complexity index is 859. The van der Waals surface area contributed by atoms with Gasteiger partial charge in [-0.05, 0) is 22.8 Å². The topological polar surface area (TPSA) is 101 Å². The Morgan fingerprint density at radius 1 is 1.19 bits per heavy atom. The van der Waals surface area contributed by atoms with Crippen LogP contribution < -0.4 is 0 Å². The molecular formula is C13H8N4O3S. The maximum absolute atomic E-state index is 10.6. The van der Waals surface area contributed by atoms with Gasteiger partial charge in [-0.1, -0.05) is 30.3 Å². The second-order valence-electron chi connectivity index (χ2n) is 4.09. The molecule has 0 fully saturated rings. The van der Waals surface area contributed by atoms with Gasteiger partial charge in [-0.25, -0.2) is 4.98 Å². The number of hydrogen-bond acceptors (Lipinski definition) is 7. The molecule has 0 bridgehead atoms. The van der Waals surface area contributed by atoms with E-state index in [4.69, 9.17) is 0 Å². The lowest BCUT2D eigenvalue weighted by atomic mass is 10.1. The monoisotopic (exact) mass is 300 g/mol. The van der Waals surface area contributed by atoms with Gasteiger partial charge in [-0.3, -0.25) is 10.1 Å². The molecule has 0 atom stereocenters. The molecule has 0 spiro atoms. The van der Waals surface area contributed by atoms with E-state index in [1.54, 1.807) is 12.1 Å². The molecule has 1 heterocycles. The molecular weight excluding hydrogens is 292 g/mol. The molecule has 1 aromatic heterocycles. The predicted octanol–water partition coefficient (Wildman–Crippen LogP) is 4.33. The lowest BCUT2D eigenvalue weighted by molar-refractivity contribution is -0.380. The molecule has 3 aromatic rings. The van der Waals surface area contributed by atoms with Crippen molar-refractivity contribution in [3.05, 3.63) is 52.7 Å². The summed E-state index contributed by atoms with van der Waals surface area (Å²) in [6.45, 7) is 0. The molecule has 0 saturated carbocycles. The van der Waals surface area contributed by atoms with Crippen LogP contribution in [0.1, 0.15) is 0 Å². The highest BCUT2D eigenvalue weighted by atomic mass is 32.1. The molecule has 0 unspecified atom stereocenters. The highest BCUT2D eigenvalue weighted by Crippen LogP contribution is 2.36. The molecule has 2 aromatic carbocycles. The summed E-state index contributed by atoms with van der Waals surface area (Å²) in [5, 5.41) is 30.0. The predicted molar refractivity (Wildman–Crippen MR) is 78.6 cm³/mol. The summed E-state index contributed by atoms with van der Waals surface area (Å²) >= 11 is 0.817. The Morgan fingerprint density at radius 3 is 2.76 bits per heavy atom. The SMILES string of the molecule is O=[N+]([O-])c1cnc(N=Nc2ccc3ccccc3c2O)s1. The summed E-state index contributed by atoms with van der Waals surface area (Å²) < 4.78 is 0. The van der Waals surface area contributed by atoms with Gasteiger partial charge in [0.15, 0.2) is 5.75 Å². The third-order valence-electron chi connectivity index (χ3n) is 2.78. The molecule has 0 aliphatic heterocycles. The standard InChI is InChI=1S/C13H8N4O3S/c18-12-9-4-2-1-3-8(9)5-6-10(12)15-16-13-14-7-11(21-13)17(19)20/h1-7,18H. The zero-order chi connectivity index (χ0) is 14.8. The van der Waals surface area contributed by atoms with Gasteiger partial charge in [0.05, 0.1) is 4.92 Å². The molecule has 0 aliphatic rings. The van der Waals surface area contributed by atoms with Crippen molar-refractivity contribution in [2.45, 2.75) is 0 Å². The van der Waals surface area contributed by atoms with Crippen molar-refractivity contribution in [2.75, 3.05) is 0 Å². The zero-order valence-electron chi connectivity index (χ0n) is 10.5. The van der Waals surface area contributed by atoms with Crippen LogP contribution >= 0.6 is 11.3 Å². The van der Waals surface area contributed by atoms with Gasteiger partial charge < -0.3 is 5.11 Å². The van der Waals surface area contributed by atoms with Crippen LogP contribution in [0.25, 0.3) is 10.8 Å². The number of fused-ring (bicyclic) bond motifs is 1. The van der Waals surface area contributed by atoms with E-state index < -0.39 is 4.92 Å². The van der Waals surface area contributed by atoms with Crippen LogP contribution in [-0.2, 0) is 0 Å². The molecule has 0 radical (unpaired) electrons. The number of rotatable bonds is 3. The van der Waals surface area contributed by atoms with E-state index in [-0.39, 0.29) is 21.6 Å². The minimum Gasteiger partial charge on any atom is -0.505 e. The summed E-state index contributed by atoms with van der Waals surface area (Å²) in [6, 6.07) is 10.8. The average molecular weight is 300 g/mol. The van der Waals surface area contributed by atoms with E-state index in [9.17, 15) is 15.2 Å². The summed E-state index contributed by atoms with van der Waals surface area (Å²) in [7, 11) is 0. The van der Waals surface area contributed by atoms with Crippen molar-refractivity contribution < 1.29 is 10.0 Å². The fourth-order valence-corrected chi connectivity index (χ4v) is 2.36. The van der Waals surface area contributed by atoms with Crippen molar-refractivity contribution in [1.29, 1.82) is 0 Å². The van der Waals surface area contributed by atoms with E-state index in [1.807, 2.05) is 24.3 Å². The lowest BCUT2D eigenvalue weighted by Gasteiger charge is -2.02. The molecule has 1 N–H and O–H groups in total. The fourth-order valence-electron chi connectivity index (χ4n) is 1.81. The van der Waals surface area contributed by atoms with E-state index in [2.05, 4.69) is 15.2 Å². The van der Waals surface area contributed by atoms with Crippen LogP contribution in [0, 0.1) is 10.1 Å². The number of nitrogens with zero attached hydrogens (tertiary/aromatic N) is 4. The molecule has 21 heavy (non-hydrogen) atoms. The number of aromatic hydroxyl groups is 1. The van der Waals surface area contributed by atoms with E-state index >= 15 is 0 Å². The van der Waals surface area contributed by atoms with Gasteiger partial charge >= 0.3 is 5.00 Å². The second-order valence-corrected chi connectivity index (χ2v) is 5.08. The number of thiazole rings is 1. The Hall–Kier alpha value is -2.87. The van der Waals surface area contributed by atoms with Gasteiger partial charge in [-0.15, -0.1) is 10.2 Å². The summed E-state index contributed by atoms with van der Waals surface area (Å²) in [5.74, 6) is 0.0166. The number of phenols is 1. The molecule has 0 saturated heterocycles. The Morgan fingerprint density at radius 2 is 2.00 bits per heavy atom. The van der Waals surface area contributed by atoms with Crippen molar-refractivity contribution in [3.63, 3.8) is 0 Å². The first-order chi connectivity index (χ1) is 10.1. The quantitative estimate of drug-likeness (QED) is 0.442. The third kappa shape index (κ3) is 2.56. The summed E-state index contributed by atoms with van der Waals surface area (Å²) in [5.41, 5.74) is 0.284. The zero-order valence-corrected chi connectivity index (χ0v) is 11.3. The van der Waals surface area contributed by atoms with Crippen LogP contribution in [0.15, 0.2) is 52.8 Å². The molecule has 0 aliphatic carbocycles. The van der Waals surface area contributed by atoms with E-state index in [0.29, 0.717) is 5.39 Å². The first-order valence-electron chi connectivity index (χ1n) is 5.88. The number of aromatic nitrogens is 1. The Kier molecular flexibility index (Phi) is 3.28. The van der Waals surface area contributed by atoms with Crippen LogP contribution in [-0.4, -0.2) is 15.0 Å². The van der Waals surface area contributed by atoms with E-state index in [1.165, 1.54) is 0 Å². The minimum absolute atomic E-state index is 0.0166. The molecule has 0 amide bonds. The number of phenolic OH excluding ortho intramolecular Hbond substituents is 1. The number of nitro groups is 1. The van der Waals surface area contributed by atoms with Crippen molar-refractivity contribution in [1.82, 2.24) is 4.98 Å². The maximum Gasteiger partial charge on any atom is 0.345 e.